The highest BCUT2D eigenvalue weighted by molar-refractivity contribution is 5.86. The first kappa shape index (κ1) is 9.64. The Bertz CT molecular complexity index is 305. The lowest BCUT2D eigenvalue weighted by Gasteiger charge is -2.03. The zero-order valence-electron chi connectivity index (χ0n) is 7.66. The van der Waals surface area contributed by atoms with Crippen molar-refractivity contribution in [2.75, 3.05) is 5.84 Å². The second-order valence-corrected chi connectivity index (χ2v) is 2.99. The first-order valence-electron chi connectivity index (χ1n) is 4.35. The molecule has 0 aromatic carbocycles. The summed E-state index contributed by atoms with van der Waals surface area (Å²) >= 11 is 0. The third-order valence-electron chi connectivity index (χ3n) is 2.01. The number of hydrogen-bond donors (Lipinski definition) is 2. The minimum Gasteiger partial charge on any atom is -0.477 e. The summed E-state index contributed by atoms with van der Waals surface area (Å²) in [4.78, 5) is 10.6. The number of carbonyl (C=O) groups is 1. The molecule has 0 aliphatic carbocycles. The largest absolute Gasteiger partial charge is 0.477 e. The number of rotatable bonds is 4. The van der Waals surface area contributed by atoms with Gasteiger partial charge in [-0.3, -0.25) is 4.68 Å². The smallest absolute Gasteiger partial charge is 0.354 e. The highest BCUT2D eigenvalue weighted by atomic mass is 16.4. The van der Waals surface area contributed by atoms with E-state index in [0.29, 0.717) is 0 Å². The predicted molar refractivity (Wildman–Crippen MR) is 50.2 cm³/mol. The zero-order valence-corrected chi connectivity index (χ0v) is 7.66. The molecular formula is C9H14N2O2. The van der Waals surface area contributed by atoms with Crippen molar-refractivity contribution in [2.45, 2.75) is 26.2 Å². The molecule has 1 aromatic rings. The molecule has 0 aliphatic heterocycles. The standard InChI is InChI=1S/C9H14N2O2/c1-2-3-4-7-5-6-8(9(12)13)11(7)10/h5-6H,2-4,10H2,1H3,(H,12,13). The Hall–Kier alpha value is -1.45. The van der Waals surface area contributed by atoms with Crippen molar-refractivity contribution in [1.29, 1.82) is 0 Å². The van der Waals surface area contributed by atoms with Crippen molar-refractivity contribution in [1.82, 2.24) is 4.68 Å². The molecule has 0 aliphatic rings. The zero-order chi connectivity index (χ0) is 9.84. The molecule has 0 saturated carbocycles. The average Bonchev–Trinajstić information content (AvgIpc) is 2.43. The Balaban J connectivity index is 2.80. The van der Waals surface area contributed by atoms with E-state index in [1.54, 1.807) is 6.07 Å². The summed E-state index contributed by atoms with van der Waals surface area (Å²) in [5.41, 5.74) is 1.02. The fourth-order valence-electron chi connectivity index (χ4n) is 1.23. The van der Waals surface area contributed by atoms with Crippen LogP contribution >= 0.6 is 0 Å². The Morgan fingerprint density at radius 1 is 1.62 bits per heavy atom. The molecule has 72 valence electrons. The van der Waals surface area contributed by atoms with Gasteiger partial charge in [0, 0.05) is 5.69 Å². The van der Waals surface area contributed by atoms with Crippen molar-refractivity contribution in [2.24, 2.45) is 0 Å². The van der Waals surface area contributed by atoms with Crippen LogP contribution in [0.1, 0.15) is 35.9 Å². The van der Waals surface area contributed by atoms with Crippen LogP contribution in [-0.4, -0.2) is 15.8 Å². The van der Waals surface area contributed by atoms with E-state index in [2.05, 4.69) is 6.92 Å². The van der Waals surface area contributed by atoms with Gasteiger partial charge in [-0.1, -0.05) is 13.3 Å². The number of carboxylic acids is 1. The van der Waals surface area contributed by atoms with Gasteiger partial charge < -0.3 is 10.9 Å². The fourth-order valence-corrected chi connectivity index (χ4v) is 1.23. The summed E-state index contributed by atoms with van der Waals surface area (Å²) in [6, 6.07) is 3.30. The van der Waals surface area contributed by atoms with Gasteiger partial charge in [0.2, 0.25) is 0 Å². The van der Waals surface area contributed by atoms with Crippen molar-refractivity contribution in [3.05, 3.63) is 23.5 Å². The summed E-state index contributed by atoms with van der Waals surface area (Å²) in [7, 11) is 0. The number of nitrogen functional groups attached to an aromatic ring is 1. The number of aromatic nitrogens is 1. The summed E-state index contributed by atoms with van der Waals surface area (Å²) < 4.78 is 1.25. The number of nitrogens with zero attached hydrogens (tertiary/aromatic N) is 1. The molecule has 0 unspecified atom stereocenters. The molecule has 0 amide bonds. The highest BCUT2D eigenvalue weighted by Gasteiger charge is 2.10. The van der Waals surface area contributed by atoms with Crippen molar-refractivity contribution < 1.29 is 9.90 Å². The van der Waals surface area contributed by atoms with E-state index in [0.717, 1.165) is 25.0 Å². The van der Waals surface area contributed by atoms with Gasteiger partial charge >= 0.3 is 5.97 Å². The number of unbranched alkanes of at least 4 members (excludes halogenated alkanes) is 1. The maximum Gasteiger partial charge on any atom is 0.354 e. The summed E-state index contributed by atoms with van der Waals surface area (Å²) in [5.74, 6) is 4.60. The Labute approximate surface area is 76.9 Å². The average molecular weight is 182 g/mol. The van der Waals surface area contributed by atoms with Gasteiger partial charge in [0.25, 0.3) is 0 Å². The van der Waals surface area contributed by atoms with Gasteiger partial charge in [-0.25, -0.2) is 4.79 Å². The van der Waals surface area contributed by atoms with Crippen molar-refractivity contribution in [3.8, 4) is 0 Å². The lowest BCUT2D eigenvalue weighted by Crippen LogP contribution is -2.18. The molecule has 1 heterocycles. The molecule has 1 rings (SSSR count). The highest BCUT2D eigenvalue weighted by Crippen LogP contribution is 2.08. The molecule has 0 saturated heterocycles. The predicted octanol–water partition coefficient (Wildman–Crippen LogP) is 1.24. The van der Waals surface area contributed by atoms with Crippen LogP contribution in [0.3, 0.4) is 0 Å². The van der Waals surface area contributed by atoms with Crippen molar-refractivity contribution in [3.63, 3.8) is 0 Å². The Morgan fingerprint density at radius 3 is 2.77 bits per heavy atom. The van der Waals surface area contributed by atoms with E-state index < -0.39 is 5.97 Å². The lowest BCUT2D eigenvalue weighted by molar-refractivity contribution is 0.0687. The number of hydrogen-bond acceptors (Lipinski definition) is 2. The van der Waals surface area contributed by atoms with Crippen LogP contribution in [0.2, 0.25) is 0 Å². The van der Waals surface area contributed by atoms with Gasteiger partial charge in [0.05, 0.1) is 0 Å². The second kappa shape index (κ2) is 3.98. The first-order chi connectivity index (χ1) is 6.16. The summed E-state index contributed by atoms with van der Waals surface area (Å²) in [6.07, 6.45) is 2.94. The molecular weight excluding hydrogens is 168 g/mol. The first-order valence-corrected chi connectivity index (χ1v) is 4.35. The SMILES string of the molecule is CCCCc1ccc(C(=O)O)n1N. The molecule has 0 bridgehead atoms. The van der Waals surface area contributed by atoms with Gasteiger partial charge in [0.15, 0.2) is 0 Å². The van der Waals surface area contributed by atoms with Crippen LogP contribution in [0.15, 0.2) is 12.1 Å². The van der Waals surface area contributed by atoms with Crippen LogP contribution in [-0.2, 0) is 6.42 Å². The van der Waals surface area contributed by atoms with Crippen molar-refractivity contribution >= 4 is 5.97 Å². The number of aryl methyl sites for hydroxylation is 1. The van der Waals surface area contributed by atoms with Gasteiger partial charge in [-0.05, 0) is 25.0 Å². The van der Waals surface area contributed by atoms with Crippen LogP contribution in [0.5, 0.6) is 0 Å². The number of nitrogens with two attached hydrogens (primary N) is 1. The second-order valence-electron chi connectivity index (χ2n) is 2.99. The molecule has 0 radical (unpaired) electrons. The minimum absolute atomic E-state index is 0.145. The third-order valence-corrected chi connectivity index (χ3v) is 2.01. The minimum atomic E-state index is -0.981. The Kier molecular flexibility index (Phi) is 2.95. The topological polar surface area (TPSA) is 68.2 Å². The molecule has 0 fully saturated rings. The summed E-state index contributed by atoms with van der Waals surface area (Å²) in [6.45, 7) is 2.09. The van der Waals surface area contributed by atoms with E-state index in [1.165, 1.54) is 10.7 Å². The van der Waals surface area contributed by atoms with Crippen LogP contribution in [0, 0.1) is 0 Å². The van der Waals surface area contributed by atoms with E-state index in [-0.39, 0.29) is 5.69 Å². The van der Waals surface area contributed by atoms with Crippen LogP contribution in [0.4, 0.5) is 0 Å². The molecule has 0 atom stereocenters. The number of carboxylic acid groups (broad SMARTS) is 1. The normalized spacial score (nSPS) is 10.2. The fraction of sp³-hybridized carbons (Fsp3) is 0.444. The molecule has 13 heavy (non-hydrogen) atoms. The maximum atomic E-state index is 10.6. The summed E-state index contributed by atoms with van der Waals surface area (Å²) in [5, 5.41) is 8.70. The third kappa shape index (κ3) is 2.02. The van der Waals surface area contributed by atoms with E-state index in [4.69, 9.17) is 10.9 Å². The maximum absolute atomic E-state index is 10.6. The van der Waals surface area contributed by atoms with E-state index in [9.17, 15) is 4.79 Å². The lowest BCUT2D eigenvalue weighted by atomic mass is 10.2. The molecule has 0 spiro atoms. The van der Waals surface area contributed by atoms with Crippen LogP contribution in [0.25, 0.3) is 0 Å². The molecule has 3 N–H and O–H groups in total. The van der Waals surface area contributed by atoms with Gasteiger partial charge in [0.1, 0.15) is 5.69 Å². The van der Waals surface area contributed by atoms with E-state index in [1.807, 2.05) is 0 Å². The van der Waals surface area contributed by atoms with E-state index >= 15 is 0 Å². The monoisotopic (exact) mass is 182 g/mol. The van der Waals surface area contributed by atoms with Gasteiger partial charge in [-0.2, -0.15) is 0 Å². The number of aromatic carboxylic acids is 1. The van der Waals surface area contributed by atoms with Crippen LogP contribution < -0.4 is 5.84 Å². The van der Waals surface area contributed by atoms with Gasteiger partial charge in [-0.15, -0.1) is 0 Å². The Morgan fingerprint density at radius 2 is 2.31 bits per heavy atom. The quantitative estimate of drug-likeness (QED) is 0.688. The molecule has 4 nitrogen and oxygen atoms in total. The molecule has 4 heteroatoms. The molecule has 1 aromatic heterocycles.